The fourth-order valence-electron chi connectivity index (χ4n) is 3.62. The molecule has 0 unspecified atom stereocenters. The minimum absolute atomic E-state index is 0.764. The van der Waals surface area contributed by atoms with E-state index in [4.69, 9.17) is 4.74 Å². The number of likely N-dealkylation sites (N-methyl/N-ethyl adjacent to an activating group) is 1. The summed E-state index contributed by atoms with van der Waals surface area (Å²) in [4.78, 5) is 9.15. The van der Waals surface area contributed by atoms with Crippen LogP contribution in [0.2, 0.25) is 0 Å². The number of benzene rings is 2. The largest absolute Gasteiger partial charge is 0.379 e. The molecular weight excluding hydrogens is 374 g/mol. The zero-order valence-corrected chi connectivity index (χ0v) is 18.3. The molecule has 0 spiro atoms. The molecule has 0 bridgehead atoms. The molecule has 6 heteroatoms. The van der Waals surface area contributed by atoms with Gasteiger partial charge in [-0.3, -0.25) is 9.89 Å². The average molecular weight is 410 g/mol. The van der Waals surface area contributed by atoms with E-state index in [2.05, 4.69) is 87.1 Å². The van der Waals surface area contributed by atoms with Gasteiger partial charge in [-0.05, 0) is 23.7 Å². The summed E-state index contributed by atoms with van der Waals surface area (Å²) in [5, 5.41) is 6.89. The molecule has 0 aliphatic carbocycles. The molecule has 6 nitrogen and oxygen atoms in total. The Morgan fingerprint density at radius 1 is 1.00 bits per heavy atom. The van der Waals surface area contributed by atoms with Crippen molar-refractivity contribution < 1.29 is 4.74 Å². The lowest BCUT2D eigenvalue weighted by molar-refractivity contribution is 0.0341. The lowest BCUT2D eigenvalue weighted by Crippen LogP contribution is -2.40. The third-order valence-electron chi connectivity index (χ3n) is 5.37. The maximum Gasteiger partial charge on any atom is 0.191 e. The van der Waals surface area contributed by atoms with Crippen molar-refractivity contribution >= 4 is 5.96 Å². The van der Waals surface area contributed by atoms with Crippen LogP contribution in [0.15, 0.2) is 59.6 Å². The van der Waals surface area contributed by atoms with Crippen LogP contribution in [-0.4, -0.2) is 69.2 Å². The molecule has 2 aromatic carbocycles. The molecule has 0 saturated carbocycles. The van der Waals surface area contributed by atoms with Crippen LogP contribution in [0, 0.1) is 0 Å². The van der Waals surface area contributed by atoms with Crippen LogP contribution in [0.1, 0.15) is 16.7 Å². The van der Waals surface area contributed by atoms with Gasteiger partial charge in [-0.2, -0.15) is 0 Å². The quantitative estimate of drug-likeness (QED) is 0.492. The summed E-state index contributed by atoms with van der Waals surface area (Å²) in [6.45, 7) is 8.14. The third kappa shape index (κ3) is 7.44. The van der Waals surface area contributed by atoms with E-state index in [-0.39, 0.29) is 0 Å². The molecular formula is C24H35N5O. The molecule has 30 heavy (non-hydrogen) atoms. The van der Waals surface area contributed by atoms with Gasteiger partial charge in [0.2, 0.25) is 0 Å². The van der Waals surface area contributed by atoms with Gasteiger partial charge >= 0.3 is 0 Å². The zero-order chi connectivity index (χ0) is 21.0. The van der Waals surface area contributed by atoms with Crippen molar-refractivity contribution in [3.05, 3.63) is 71.3 Å². The molecule has 162 valence electrons. The second-order valence-electron chi connectivity index (χ2n) is 7.73. The predicted molar refractivity (Wildman–Crippen MR) is 124 cm³/mol. The molecule has 0 atom stereocenters. The van der Waals surface area contributed by atoms with Crippen LogP contribution >= 0.6 is 0 Å². The first-order chi connectivity index (χ1) is 14.7. The molecule has 1 aliphatic heterocycles. The Bertz CT molecular complexity index is 774. The van der Waals surface area contributed by atoms with E-state index in [9.17, 15) is 0 Å². The van der Waals surface area contributed by atoms with Crippen LogP contribution in [0.4, 0.5) is 0 Å². The highest BCUT2D eigenvalue weighted by atomic mass is 16.5. The van der Waals surface area contributed by atoms with Crippen molar-refractivity contribution in [1.82, 2.24) is 20.4 Å². The average Bonchev–Trinajstić information content (AvgIpc) is 2.78. The number of ether oxygens (including phenoxy) is 1. The van der Waals surface area contributed by atoms with Gasteiger partial charge in [-0.15, -0.1) is 0 Å². The smallest absolute Gasteiger partial charge is 0.191 e. The topological polar surface area (TPSA) is 52.1 Å². The van der Waals surface area contributed by atoms with Crippen molar-refractivity contribution in [3.8, 4) is 0 Å². The van der Waals surface area contributed by atoms with Gasteiger partial charge in [0, 0.05) is 52.9 Å². The fraction of sp³-hybridized carbons (Fsp3) is 0.458. The Kier molecular flexibility index (Phi) is 9.15. The SMILES string of the molecule is CN=C(NCCN(C)Cc1ccccc1)NCc1ccccc1CN1CCOCC1. The molecule has 1 fully saturated rings. The molecule has 0 aromatic heterocycles. The highest BCUT2D eigenvalue weighted by Crippen LogP contribution is 2.13. The standard InChI is InChI=1S/C24H35N5O/c1-25-24(26-12-13-28(2)19-21-8-4-3-5-9-21)27-18-22-10-6-7-11-23(22)20-29-14-16-30-17-15-29/h3-11H,12-20H2,1-2H3,(H2,25,26,27). The molecule has 1 heterocycles. The van der Waals surface area contributed by atoms with Gasteiger partial charge < -0.3 is 20.3 Å². The Balaban J connectivity index is 1.43. The Labute approximate surface area is 180 Å². The van der Waals surface area contributed by atoms with Crippen LogP contribution < -0.4 is 10.6 Å². The predicted octanol–water partition coefficient (Wildman–Crippen LogP) is 2.32. The van der Waals surface area contributed by atoms with E-state index in [1.54, 1.807) is 0 Å². The van der Waals surface area contributed by atoms with Crippen molar-refractivity contribution in [1.29, 1.82) is 0 Å². The number of nitrogens with one attached hydrogen (secondary N) is 2. The van der Waals surface area contributed by atoms with Crippen LogP contribution in [0.25, 0.3) is 0 Å². The van der Waals surface area contributed by atoms with E-state index in [0.717, 1.165) is 65.0 Å². The van der Waals surface area contributed by atoms with E-state index in [1.165, 1.54) is 16.7 Å². The first-order valence-corrected chi connectivity index (χ1v) is 10.8. The summed E-state index contributed by atoms with van der Waals surface area (Å²) in [6.07, 6.45) is 0. The second kappa shape index (κ2) is 12.3. The van der Waals surface area contributed by atoms with Gasteiger partial charge in [0.25, 0.3) is 0 Å². The molecule has 0 radical (unpaired) electrons. The monoisotopic (exact) mass is 409 g/mol. The highest BCUT2D eigenvalue weighted by molar-refractivity contribution is 5.79. The van der Waals surface area contributed by atoms with Crippen molar-refractivity contribution in [3.63, 3.8) is 0 Å². The number of aliphatic imine (C=N–C) groups is 1. The van der Waals surface area contributed by atoms with Gasteiger partial charge in [-0.25, -0.2) is 0 Å². The van der Waals surface area contributed by atoms with Crippen LogP contribution in [0.3, 0.4) is 0 Å². The first-order valence-electron chi connectivity index (χ1n) is 10.8. The molecule has 2 N–H and O–H groups in total. The number of morpholine rings is 1. The van der Waals surface area contributed by atoms with Crippen molar-refractivity contribution in [2.75, 3.05) is 53.5 Å². The Morgan fingerprint density at radius 2 is 1.70 bits per heavy atom. The van der Waals surface area contributed by atoms with Gasteiger partial charge in [0.1, 0.15) is 0 Å². The highest BCUT2D eigenvalue weighted by Gasteiger charge is 2.12. The first kappa shape index (κ1) is 22.3. The zero-order valence-electron chi connectivity index (χ0n) is 18.3. The minimum atomic E-state index is 0.764. The van der Waals surface area contributed by atoms with Crippen LogP contribution in [0.5, 0.6) is 0 Å². The van der Waals surface area contributed by atoms with Crippen LogP contribution in [-0.2, 0) is 24.4 Å². The lowest BCUT2D eigenvalue weighted by atomic mass is 10.1. The Morgan fingerprint density at radius 3 is 2.43 bits per heavy atom. The number of hydrogen-bond acceptors (Lipinski definition) is 4. The minimum Gasteiger partial charge on any atom is -0.379 e. The molecule has 1 aliphatic rings. The van der Waals surface area contributed by atoms with E-state index >= 15 is 0 Å². The van der Waals surface area contributed by atoms with E-state index < -0.39 is 0 Å². The summed E-state index contributed by atoms with van der Waals surface area (Å²) in [5.41, 5.74) is 4.01. The molecule has 2 aromatic rings. The number of rotatable bonds is 9. The summed E-state index contributed by atoms with van der Waals surface area (Å²) >= 11 is 0. The van der Waals surface area contributed by atoms with E-state index in [1.807, 2.05) is 7.05 Å². The maximum atomic E-state index is 5.47. The number of nitrogens with zero attached hydrogens (tertiary/aromatic N) is 3. The number of guanidine groups is 1. The van der Waals surface area contributed by atoms with Gasteiger partial charge in [0.15, 0.2) is 5.96 Å². The van der Waals surface area contributed by atoms with Crippen molar-refractivity contribution in [2.45, 2.75) is 19.6 Å². The molecule has 0 amide bonds. The lowest BCUT2D eigenvalue weighted by Gasteiger charge is -2.27. The fourth-order valence-corrected chi connectivity index (χ4v) is 3.62. The summed E-state index contributed by atoms with van der Waals surface area (Å²) in [5.74, 6) is 0.837. The third-order valence-corrected chi connectivity index (χ3v) is 5.37. The maximum absolute atomic E-state index is 5.47. The van der Waals surface area contributed by atoms with Gasteiger partial charge in [-0.1, -0.05) is 54.6 Å². The Hall–Kier alpha value is -2.41. The molecule has 1 saturated heterocycles. The molecule has 3 rings (SSSR count). The summed E-state index contributed by atoms with van der Waals surface area (Å²) in [6, 6.07) is 19.2. The van der Waals surface area contributed by atoms with Crippen molar-refractivity contribution in [2.24, 2.45) is 4.99 Å². The normalized spacial score (nSPS) is 15.4. The summed E-state index contributed by atoms with van der Waals surface area (Å²) in [7, 11) is 3.97. The van der Waals surface area contributed by atoms with E-state index in [0.29, 0.717) is 0 Å². The van der Waals surface area contributed by atoms with Gasteiger partial charge in [0.05, 0.1) is 13.2 Å². The number of hydrogen-bond donors (Lipinski definition) is 2. The second-order valence-corrected chi connectivity index (χ2v) is 7.73. The summed E-state index contributed by atoms with van der Waals surface area (Å²) < 4.78 is 5.47.